The second kappa shape index (κ2) is 8.44. The lowest BCUT2D eigenvalue weighted by atomic mass is 10.3. The second-order valence-corrected chi connectivity index (χ2v) is 3.91. The predicted molar refractivity (Wildman–Crippen MR) is 68.7 cm³/mol. The Kier molecular flexibility index (Phi) is 6.84. The molecular weight excluding hydrogens is 250 g/mol. The Balaban J connectivity index is 2.35. The number of rotatable bonds is 9. The van der Waals surface area contributed by atoms with E-state index in [0.717, 1.165) is 6.42 Å². The Morgan fingerprint density at radius 2 is 2.05 bits per heavy atom. The number of carboxylic acid groups (broad SMARTS) is 1. The van der Waals surface area contributed by atoms with Crippen LogP contribution >= 0.6 is 0 Å². The molecule has 6 nitrogen and oxygen atoms in total. The molecule has 1 aromatic rings. The molecule has 0 aromatic carbocycles. The van der Waals surface area contributed by atoms with Crippen LogP contribution in [0.25, 0.3) is 0 Å². The van der Waals surface area contributed by atoms with Gasteiger partial charge >= 0.3 is 5.97 Å². The number of aryl methyl sites for hydroxylation is 1. The molecule has 0 aliphatic rings. The van der Waals surface area contributed by atoms with Crippen LogP contribution in [0.5, 0.6) is 5.75 Å². The maximum Gasteiger partial charge on any atom is 0.358 e. The highest BCUT2D eigenvalue weighted by molar-refractivity contribution is 5.88. The molecule has 1 aromatic heterocycles. The van der Waals surface area contributed by atoms with Crippen molar-refractivity contribution in [1.82, 2.24) is 4.98 Å². The smallest absolute Gasteiger partial charge is 0.358 e. The number of methoxy groups -OCH3 is 1. The highest BCUT2D eigenvalue weighted by Gasteiger charge is 2.13. The largest absolute Gasteiger partial charge is 0.489 e. The Bertz CT molecular complexity index is 408. The van der Waals surface area contributed by atoms with Gasteiger partial charge in [0.2, 0.25) is 0 Å². The van der Waals surface area contributed by atoms with Crippen LogP contribution in [0, 0.1) is 6.92 Å². The van der Waals surface area contributed by atoms with Crippen molar-refractivity contribution in [2.45, 2.75) is 13.3 Å². The fourth-order valence-electron chi connectivity index (χ4n) is 1.43. The van der Waals surface area contributed by atoms with Gasteiger partial charge in [-0.2, -0.15) is 0 Å². The second-order valence-electron chi connectivity index (χ2n) is 3.91. The van der Waals surface area contributed by atoms with E-state index >= 15 is 0 Å². The first kappa shape index (κ1) is 15.4. The van der Waals surface area contributed by atoms with E-state index in [1.807, 2.05) is 0 Å². The molecule has 0 atom stereocenters. The molecule has 0 saturated carbocycles. The SMILES string of the molecule is COCCCOCCOc1ccc(C)nc1C(=O)O. The van der Waals surface area contributed by atoms with Crippen LogP contribution < -0.4 is 4.74 Å². The van der Waals surface area contributed by atoms with E-state index in [2.05, 4.69) is 4.98 Å². The quantitative estimate of drug-likeness (QED) is 0.685. The number of carbonyl (C=O) groups is 1. The summed E-state index contributed by atoms with van der Waals surface area (Å²) in [6, 6.07) is 3.32. The summed E-state index contributed by atoms with van der Waals surface area (Å²) in [5, 5.41) is 9.00. The molecule has 6 heteroatoms. The molecule has 1 rings (SSSR count). The summed E-state index contributed by atoms with van der Waals surface area (Å²) in [6.07, 6.45) is 0.822. The van der Waals surface area contributed by atoms with Crippen molar-refractivity contribution >= 4 is 5.97 Å². The third-order valence-electron chi connectivity index (χ3n) is 2.32. The minimum Gasteiger partial charge on any atom is -0.489 e. The molecule has 0 amide bonds. The standard InChI is InChI=1S/C13H19NO5/c1-10-4-5-11(12(14-10)13(15)16)19-9-8-18-7-3-6-17-2/h4-5H,3,6-9H2,1-2H3,(H,15,16). The number of aromatic carboxylic acids is 1. The van der Waals surface area contributed by atoms with Gasteiger partial charge in [0.25, 0.3) is 0 Å². The van der Waals surface area contributed by atoms with Crippen LogP contribution in [-0.4, -0.2) is 49.6 Å². The van der Waals surface area contributed by atoms with Crippen LogP contribution in [0.2, 0.25) is 0 Å². The summed E-state index contributed by atoms with van der Waals surface area (Å²) in [6.45, 7) is 3.67. The average molecular weight is 269 g/mol. The zero-order valence-electron chi connectivity index (χ0n) is 11.2. The molecule has 0 fully saturated rings. The number of ether oxygens (including phenoxy) is 3. The summed E-state index contributed by atoms with van der Waals surface area (Å²) in [5.74, 6) is -0.835. The average Bonchev–Trinajstić information content (AvgIpc) is 2.39. The first-order valence-electron chi connectivity index (χ1n) is 6.05. The van der Waals surface area contributed by atoms with Crippen molar-refractivity contribution in [3.8, 4) is 5.75 Å². The Morgan fingerprint density at radius 1 is 1.26 bits per heavy atom. The van der Waals surface area contributed by atoms with E-state index in [0.29, 0.717) is 25.5 Å². The van der Waals surface area contributed by atoms with Gasteiger partial charge in [0.1, 0.15) is 6.61 Å². The van der Waals surface area contributed by atoms with Gasteiger partial charge in [-0.1, -0.05) is 0 Å². The molecule has 0 aliphatic carbocycles. The van der Waals surface area contributed by atoms with Gasteiger partial charge in [-0.05, 0) is 25.5 Å². The minimum atomic E-state index is -1.10. The van der Waals surface area contributed by atoms with Crippen molar-refractivity contribution in [2.24, 2.45) is 0 Å². The van der Waals surface area contributed by atoms with E-state index < -0.39 is 5.97 Å². The number of hydrogen-bond donors (Lipinski definition) is 1. The van der Waals surface area contributed by atoms with Crippen molar-refractivity contribution < 1.29 is 24.1 Å². The van der Waals surface area contributed by atoms with Crippen LogP contribution in [0.4, 0.5) is 0 Å². The summed E-state index contributed by atoms with van der Waals surface area (Å²) in [7, 11) is 1.64. The molecule has 0 spiro atoms. The van der Waals surface area contributed by atoms with Gasteiger partial charge in [-0.25, -0.2) is 9.78 Å². The number of nitrogens with zero attached hydrogens (tertiary/aromatic N) is 1. The lowest BCUT2D eigenvalue weighted by Gasteiger charge is -2.09. The van der Waals surface area contributed by atoms with Crippen molar-refractivity contribution in [2.75, 3.05) is 33.5 Å². The van der Waals surface area contributed by atoms with Gasteiger partial charge in [0.15, 0.2) is 11.4 Å². The summed E-state index contributed by atoms with van der Waals surface area (Å²) in [4.78, 5) is 14.9. The summed E-state index contributed by atoms with van der Waals surface area (Å²) < 4.78 is 15.6. The molecule has 0 aliphatic heterocycles. The molecule has 0 radical (unpaired) electrons. The normalized spacial score (nSPS) is 10.4. The van der Waals surface area contributed by atoms with Gasteiger partial charge in [-0.15, -0.1) is 0 Å². The Labute approximate surface area is 112 Å². The van der Waals surface area contributed by atoms with E-state index in [1.165, 1.54) is 0 Å². The highest BCUT2D eigenvalue weighted by atomic mass is 16.5. The maximum atomic E-state index is 11.0. The Hall–Kier alpha value is -1.66. The van der Waals surface area contributed by atoms with Gasteiger partial charge in [-0.3, -0.25) is 0 Å². The van der Waals surface area contributed by atoms with Crippen LogP contribution in [0.1, 0.15) is 22.6 Å². The van der Waals surface area contributed by atoms with E-state index in [9.17, 15) is 4.79 Å². The summed E-state index contributed by atoms with van der Waals surface area (Å²) in [5.41, 5.74) is 0.569. The molecule has 0 bridgehead atoms. The molecular formula is C13H19NO5. The highest BCUT2D eigenvalue weighted by Crippen LogP contribution is 2.16. The van der Waals surface area contributed by atoms with E-state index in [1.54, 1.807) is 26.2 Å². The van der Waals surface area contributed by atoms with Gasteiger partial charge < -0.3 is 19.3 Å². The van der Waals surface area contributed by atoms with Crippen LogP contribution in [-0.2, 0) is 9.47 Å². The Morgan fingerprint density at radius 3 is 2.74 bits per heavy atom. The topological polar surface area (TPSA) is 77.9 Å². The first-order chi connectivity index (χ1) is 9.15. The molecule has 1 N–H and O–H groups in total. The van der Waals surface area contributed by atoms with Crippen LogP contribution in [0.3, 0.4) is 0 Å². The zero-order chi connectivity index (χ0) is 14.1. The molecule has 0 unspecified atom stereocenters. The van der Waals surface area contributed by atoms with Crippen molar-refractivity contribution in [3.05, 3.63) is 23.5 Å². The maximum absolute atomic E-state index is 11.0. The number of hydrogen-bond acceptors (Lipinski definition) is 5. The lowest BCUT2D eigenvalue weighted by Crippen LogP contribution is -2.12. The van der Waals surface area contributed by atoms with Gasteiger partial charge in [0.05, 0.1) is 6.61 Å². The first-order valence-corrected chi connectivity index (χ1v) is 6.05. The van der Waals surface area contributed by atoms with E-state index in [4.69, 9.17) is 19.3 Å². The molecule has 1 heterocycles. The zero-order valence-corrected chi connectivity index (χ0v) is 11.2. The van der Waals surface area contributed by atoms with Crippen molar-refractivity contribution in [1.29, 1.82) is 0 Å². The third-order valence-corrected chi connectivity index (χ3v) is 2.32. The minimum absolute atomic E-state index is 0.0700. The molecule has 19 heavy (non-hydrogen) atoms. The number of aromatic nitrogens is 1. The van der Waals surface area contributed by atoms with Crippen molar-refractivity contribution in [3.63, 3.8) is 0 Å². The van der Waals surface area contributed by atoms with Gasteiger partial charge in [0, 0.05) is 26.0 Å². The fourth-order valence-corrected chi connectivity index (χ4v) is 1.43. The predicted octanol–water partition coefficient (Wildman–Crippen LogP) is 1.52. The number of pyridine rings is 1. The molecule has 106 valence electrons. The molecule has 0 saturated heterocycles. The summed E-state index contributed by atoms with van der Waals surface area (Å²) >= 11 is 0. The number of carboxylic acids is 1. The lowest BCUT2D eigenvalue weighted by molar-refractivity contribution is 0.0669. The fraction of sp³-hybridized carbons (Fsp3) is 0.538. The third kappa shape index (κ3) is 5.67. The van der Waals surface area contributed by atoms with Crippen LogP contribution in [0.15, 0.2) is 12.1 Å². The monoisotopic (exact) mass is 269 g/mol. The van der Waals surface area contributed by atoms with E-state index in [-0.39, 0.29) is 18.1 Å².